The summed E-state index contributed by atoms with van der Waals surface area (Å²) in [6.45, 7) is 4.73. The van der Waals surface area contributed by atoms with Crippen molar-refractivity contribution in [3.8, 4) is 0 Å². The zero-order chi connectivity index (χ0) is 14.4. The summed E-state index contributed by atoms with van der Waals surface area (Å²) in [5.41, 5.74) is -0.674. The molecule has 0 aromatic carbocycles. The summed E-state index contributed by atoms with van der Waals surface area (Å²) in [4.78, 5) is 11.9. The number of rotatable bonds is 5. The Labute approximate surface area is 126 Å². The van der Waals surface area contributed by atoms with Crippen LogP contribution in [-0.2, 0) is 4.79 Å². The number of hydrogen-bond acceptors (Lipinski definition) is 4. The van der Waals surface area contributed by atoms with E-state index in [1.807, 2.05) is 0 Å². The maximum atomic E-state index is 11.9. The van der Waals surface area contributed by atoms with Crippen LogP contribution in [0.15, 0.2) is 0 Å². The van der Waals surface area contributed by atoms with Gasteiger partial charge in [-0.3, -0.25) is 4.79 Å². The van der Waals surface area contributed by atoms with Gasteiger partial charge in [-0.1, -0.05) is 19.8 Å². The van der Waals surface area contributed by atoms with Crippen LogP contribution >= 0.6 is 11.8 Å². The number of thioether (sulfide) groups is 1. The first-order valence-electron chi connectivity index (χ1n) is 7.89. The highest BCUT2D eigenvalue weighted by Crippen LogP contribution is 2.31. The Bertz CT molecular complexity index is 321. The smallest absolute Gasteiger partial charge is 0.230 e. The van der Waals surface area contributed by atoms with E-state index in [2.05, 4.69) is 17.6 Å². The Morgan fingerprint density at radius 3 is 2.85 bits per heavy atom. The highest BCUT2D eigenvalue weighted by Gasteiger charge is 2.32. The van der Waals surface area contributed by atoms with Gasteiger partial charge in [-0.15, -0.1) is 11.8 Å². The van der Waals surface area contributed by atoms with E-state index in [1.54, 1.807) is 11.8 Å². The van der Waals surface area contributed by atoms with E-state index >= 15 is 0 Å². The topological polar surface area (TPSA) is 61.4 Å². The number of hydrogen-bond donors (Lipinski definition) is 3. The van der Waals surface area contributed by atoms with Crippen molar-refractivity contribution in [3.05, 3.63) is 0 Å². The van der Waals surface area contributed by atoms with E-state index in [4.69, 9.17) is 0 Å². The van der Waals surface area contributed by atoms with Crippen molar-refractivity contribution >= 4 is 17.7 Å². The van der Waals surface area contributed by atoms with Gasteiger partial charge in [-0.25, -0.2) is 0 Å². The maximum absolute atomic E-state index is 11.9. The number of piperidine rings is 1. The van der Waals surface area contributed by atoms with Gasteiger partial charge < -0.3 is 15.7 Å². The van der Waals surface area contributed by atoms with Crippen LogP contribution in [0.5, 0.6) is 0 Å². The predicted molar refractivity (Wildman–Crippen MR) is 83.9 cm³/mol. The summed E-state index contributed by atoms with van der Waals surface area (Å²) in [6.07, 6.45) is 6.20. The third-order valence-corrected chi connectivity index (χ3v) is 5.79. The van der Waals surface area contributed by atoms with Crippen LogP contribution in [0.25, 0.3) is 0 Å². The third kappa shape index (κ3) is 5.26. The van der Waals surface area contributed by atoms with Crippen molar-refractivity contribution in [2.75, 3.05) is 25.4 Å². The van der Waals surface area contributed by atoms with Crippen LogP contribution in [-0.4, -0.2) is 47.3 Å². The van der Waals surface area contributed by atoms with Gasteiger partial charge in [0.05, 0.1) is 11.4 Å². The molecule has 2 fully saturated rings. The summed E-state index contributed by atoms with van der Waals surface area (Å²) in [7, 11) is 0. The van der Waals surface area contributed by atoms with Gasteiger partial charge in [0.1, 0.15) is 0 Å². The normalized spacial score (nSPS) is 32.0. The zero-order valence-corrected chi connectivity index (χ0v) is 13.3. The molecule has 2 atom stereocenters. The standard InChI is InChI=1S/C15H28N2O2S/c1-12-3-2-6-15(19,9-12)11-17-14(18)10-20-13-4-7-16-8-5-13/h12-13,16,19H,2-11H2,1H3,(H,17,18). The van der Waals surface area contributed by atoms with Crippen molar-refractivity contribution in [3.63, 3.8) is 0 Å². The fourth-order valence-corrected chi connectivity index (χ4v) is 4.32. The molecule has 5 heteroatoms. The van der Waals surface area contributed by atoms with Crippen LogP contribution in [0.2, 0.25) is 0 Å². The molecule has 0 aromatic heterocycles. The SMILES string of the molecule is CC1CCCC(O)(CNC(=O)CSC2CCNCC2)C1. The molecule has 0 radical (unpaired) electrons. The lowest BCUT2D eigenvalue weighted by molar-refractivity contribution is -0.120. The molecule has 1 amide bonds. The Morgan fingerprint density at radius 1 is 1.40 bits per heavy atom. The number of carbonyl (C=O) groups excluding carboxylic acids is 1. The van der Waals surface area contributed by atoms with Crippen LogP contribution in [0.4, 0.5) is 0 Å². The second kappa shape index (κ2) is 7.66. The van der Waals surface area contributed by atoms with Crippen LogP contribution in [0.3, 0.4) is 0 Å². The van der Waals surface area contributed by atoms with E-state index in [-0.39, 0.29) is 5.91 Å². The third-order valence-electron chi connectivity index (χ3n) is 4.42. The molecule has 1 aliphatic carbocycles. The fourth-order valence-electron chi connectivity index (χ4n) is 3.26. The number of aliphatic hydroxyl groups is 1. The minimum Gasteiger partial charge on any atom is -0.388 e. The summed E-state index contributed by atoms with van der Waals surface area (Å²) in [6, 6.07) is 0. The molecule has 3 N–H and O–H groups in total. The average Bonchev–Trinajstić information content (AvgIpc) is 2.44. The lowest BCUT2D eigenvalue weighted by atomic mass is 9.79. The molecule has 1 saturated carbocycles. The molecule has 0 bridgehead atoms. The molecular formula is C15H28N2O2S. The van der Waals surface area contributed by atoms with Crippen molar-refractivity contribution < 1.29 is 9.90 Å². The summed E-state index contributed by atoms with van der Waals surface area (Å²) in [5.74, 6) is 1.16. The average molecular weight is 300 g/mol. The molecule has 1 saturated heterocycles. The summed E-state index contributed by atoms with van der Waals surface area (Å²) in [5, 5.41) is 17.3. The first-order chi connectivity index (χ1) is 9.57. The first-order valence-corrected chi connectivity index (χ1v) is 8.94. The van der Waals surface area contributed by atoms with Crippen LogP contribution < -0.4 is 10.6 Å². The maximum Gasteiger partial charge on any atom is 0.230 e. The van der Waals surface area contributed by atoms with Crippen LogP contribution in [0.1, 0.15) is 45.4 Å². The van der Waals surface area contributed by atoms with Crippen molar-refractivity contribution in [1.29, 1.82) is 0 Å². The Kier molecular flexibility index (Phi) is 6.18. The van der Waals surface area contributed by atoms with Gasteiger partial charge in [0.25, 0.3) is 0 Å². The molecule has 2 aliphatic rings. The highest BCUT2D eigenvalue weighted by atomic mass is 32.2. The lowest BCUT2D eigenvalue weighted by Gasteiger charge is -2.35. The quantitative estimate of drug-likeness (QED) is 0.720. The molecule has 1 aliphatic heterocycles. The summed E-state index contributed by atoms with van der Waals surface area (Å²) >= 11 is 1.76. The van der Waals surface area contributed by atoms with E-state index in [9.17, 15) is 9.90 Å². The van der Waals surface area contributed by atoms with Gasteiger partial charge in [0.15, 0.2) is 0 Å². The van der Waals surface area contributed by atoms with E-state index in [1.165, 1.54) is 6.42 Å². The molecule has 116 valence electrons. The van der Waals surface area contributed by atoms with E-state index in [0.29, 0.717) is 23.5 Å². The minimum atomic E-state index is -0.674. The molecule has 2 rings (SSSR count). The highest BCUT2D eigenvalue weighted by molar-refractivity contribution is 8.00. The van der Waals surface area contributed by atoms with Crippen molar-refractivity contribution in [2.24, 2.45) is 5.92 Å². The van der Waals surface area contributed by atoms with E-state index in [0.717, 1.165) is 45.2 Å². The zero-order valence-electron chi connectivity index (χ0n) is 12.5. The molecule has 0 aromatic rings. The van der Waals surface area contributed by atoms with Gasteiger partial charge in [-0.2, -0.15) is 0 Å². The lowest BCUT2D eigenvalue weighted by Crippen LogP contribution is -2.46. The second-order valence-electron chi connectivity index (χ2n) is 6.46. The number of nitrogens with one attached hydrogen (secondary N) is 2. The van der Waals surface area contributed by atoms with Crippen molar-refractivity contribution in [2.45, 2.75) is 56.3 Å². The first kappa shape index (κ1) is 16.1. The Balaban J connectivity index is 1.64. The molecule has 20 heavy (non-hydrogen) atoms. The second-order valence-corrected chi connectivity index (χ2v) is 7.75. The van der Waals surface area contributed by atoms with E-state index < -0.39 is 5.60 Å². The Morgan fingerprint density at radius 2 is 2.15 bits per heavy atom. The monoisotopic (exact) mass is 300 g/mol. The number of amides is 1. The van der Waals surface area contributed by atoms with Crippen molar-refractivity contribution in [1.82, 2.24) is 10.6 Å². The minimum absolute atomic E-state index is 0.0696. The van der Waals surface area contributed by atoms with Gasteiger partial charge in [0, 0.05) is 11.8 Å². The van der Waals surface area contributed by atoms with Crippen LogP contribution in [0, 0.1) is 5.92 Å². The largest absolute Gasteiger partial charge is 0.388 e. The summed E-state index contributed by atoms with van der Waals surface area (Å²) < 4.78 is 0. The molecule has 0 spiro atoms. The predicted octanol–water partition coefficient (Wildman–Crippen LogP) is 1.53. The van der Waals surface area contributed by atoms with Gasteiger partial charge in [0.2, 0.25) is 5.91 Å². The molecular weight excluding hydrogens is 272 g/mol. The molecule has 1 heterocycles. The number of carbonyl (C=O) groups is 1. The molecule has 2 unspecified atom stereocenters. The van der Waals surface area contributed by atoms with Gasteiger partial charge >= 0.3 is 0 Å². The fraction of sp³-hybridized carbons (Fsp3) is 0.933. The molecule has 4 nitrogen and oxygen atoms in total. The Hall–Kier alpha value is -0.260. The van der Waals surface area contributed by atoms with Gasteiger partial charge in [-0.05, 0) is 44.7 Å².